The van der Waals surface area contributed by atoms with E-state index in [0.29, 0.717) is 0 Å². The van der Waals surface area contributed by atoms with E-state index in [1.165, 1.54) is 73.7 Å². The number of rotatable bonds is 18. The molecule has 0 saturated carbocycles. The smallest absolute Gasteiger partial charge is 0.504 e. The van der Waals surface area contributed by atoms with Crippen LogP contribution in [0.4, 0.5) is 9.59 Å². The molecule has 0 spiro atoms. The highest BCUT2D eigenvalue weighted by atomic mass is 17.1. The molecule has 0 aliphatic heterocycles. The van der Waals surface area contributed by atoms with Gasteiger partial charge in [0.05, 0.1) is 45.1 Å². The van der Waals surface area contributed by atoms with E-state index in [-0.39, 0.29) is 84.5 Å². The third kappa shape index (κ3) is 10.9. The van der Waals surface area contributed by atoms with Crippen molar-refractivity contribution >= 4 is 36.0 Å². The summed E-state index contributed by atoms with van der Waals surface area (Å²) in [6, 6.07) is 12.3. The molecule has 0 radical (unpaired) electrons. The second-order valence-corrected chi connectivity index (χ2v) is 10.9. The molecule has 0 saturated heterocycles. The minimum atomic E-state index is -1.34. The predicted molar refractivity (Wildman–Crippen MR) is 184 cm³/mol. The van der Waals surface area contributed by atoms with Crippen LogP contribution in [0, 0.1) is 0 Å². The number of carbonyl (C=O) groups is 6. The summed E-state index contributed by atoms with van der Waals surface area (Å²) in [5, 5.41) is 32.0. The molecular weight excluding hydrogens is 718 g/mol. The number of para-hydroxylation sites is 3. The summed E-state index contributed by atoms with van der Waals surface area (Å²) in [4.78, 5) is 81.9. The van der Waals surface area contributed by atoms with Crippen LogP contribution in [0.25, 0.3) is 0 Å². The Morgan fingerprint density at radius 1 is 0.648 bits per heavy atom. The Balaban J connectivity index is 1.80. The van der Waals surface area contributed by atoms with E-state index < -0.39 is 48.3 Å². The maximum atomic E-state index is 13.7. The van der Waals surface area contributed by atoms with Crippen molar-refractivity contribution in [1.29, 1.82) is 0 Å². The number of carboxylic acid groups (broad SMARTS) is 1. The van der Waals surface area contributed by atoms with Crippen LogP contribution < -0.4 is 29.2 Å². The number of aliphatic carboxylic acids is 1. The van der Waals surface area contributed by atoms with Gasteiger partial charge in [-0.2, -0.15) is 0 Å². The van der Waals surface area contributed by atoms with Gasteiger partial charge in [-0.25, -0.2) is 14.8 Å². The lowest BCUT2D eigenvalue weighted by atomic mass is 10.1. The Kier molecular flexibility index (Phi) is 15.7. The average molecular weight is 758 g/mol. The van der Waals surface area contributed by atoms with Crippen LogP contribution in [-0.2, 0) is 14.3 Å². The van der Waals surface area contributed by atoms with Gasteiger partial charge in [0, 0.05) is 26.2 Å². The number of methoxy groups -OCH3 is 4. The number of carboxylic acids is 1. The van der Waals surface area contributed by atoms with Gasteiger partial charge in [-0.05, 0) is 49.2 Å². The third-order valence-electron chi connectivity index (χ3n) is 7.54. The Bertz CT molecular complexity index is 1830. The zero-order valence-corrected chi connectivity index (χ0v) is 29.7. The molecule has 0 atom stereocenters. The van der Waals surface area contributed by atoms with Crippen molar-refractivity contribution < 1.29 is 77.5 Å². The number of carbonyl (C=O) groups excluding carboxylic acids is 5. The molecule has 0 bridgehead atoms. The van der Waals surface area contributed by atoms with Crippen LogP contribution >= 0.6 is 0 Å². The highest BCUT2D eigenvalue weighted by Crippen LogP contribution is 2.34. The first-order chi connectivity index (χ1) is 25.9. The minimum absolute atomic E-state index is 0.0149. The van der Waals surface area contributed by atoms with Crippen LogP contribution in [0.15, 0.2) is 54.6 Å². The van der Waals surface area contributed by atoms with E-state index >= 15 is 0 Å². The summed E-state index contributed by atoms with van der Waals surface area (Å²) in [5.74, 6) is -4.84. The largest absolute Gasteiger partial charge is 0.513 e. The molecule has 0 aliphatic carbocycles. The fraction of sp³-hybridized carbons (Fsp3) is 0.314. The molecule has 290 valence electrons. The molecular formula is C35H39N3O16. The number of aromatic hydroxyl groups is 1. The van der Waals surface area contributed by atoms with Crippen molar-refractivity contribution in [3.8, 4) is 34.5 Å². The van der Waals surface area contributed by atoms with Gasteiger partial charge >= 0.3 is 18.3 Å². The number of phenols is 1. The molecule has 4 N–H and O–H groups in total. The Morgan fingerprint density at radius 3 is 1.67 bits per heavy atom. The Hall–Kier alpha value is -6.76. The number of benzene rings is 3. The molecule has 0 aromatic heterocycles. The van der Waals surface area contributed by atoms with E-state index in [9.17, 15) is 39.0 Å². The number of phenolic OH excluding ortho intramolecular Hbond substituents is 1. The fourth-order valence-electron chi connectivity index (χ4n) is 5.08. The van der Waals surface area contributed by atoms with Gasteiger partial charge in [0.2, 0.25) is 5.75 Å². The molecule has 0 aliphatic rings. The van der Waals surface area contributed by atoms with Crippen molar-refractivity contribution in [2.24, 2.45) is 0 Å². The van der Waals surface area contributed by atoms with E-state index in [0.717, 1.165) is 19.1 Å². The van der Waals surface area contributed by atoms with Crippen LogP contribution in [0.5, 0.6) is 34.5 Å². The monoisotopic (exact) mass is 757 g/mol. The lowest BCUT2D eigenvalue weighted by Gasteiger charge is -2.26. The minimum Gasteiger partial charge on any atom is -0.504 e. The summed E-state index contributed by atoms with van der Waals surface area (Å²) in [6.45, 7) is -1.00. The number of nitrogens with zero attached hydrogens (tertiary/aromatic N) is 2. The van der Waals surface area contributed by atoms with Crippen LogP contribution in [-0.4, -0.2) is 122 Å². The molecule has 3 rings (SSSR count). The fourth-order valence-corrected chi connectivity index (χ4v) is 5.08. The summed E-state index contributed by atoms with van der Waals surface area (Å²) in [6.07, 6.45) is -1.91. The average Bonchev–Trinajstić information content (AvgIpc) is 3.17. The van der Waals surface area contributed by atoms with Gasteiger partial charge < -0.3 is 58.6 Å². The zero-order chi connectivity index (χ0) is 39.8. The van der Waals surface area contributed by atoms with Gasteiger partial charge in [-0.1, -0.05) is 18.2 Å². The summed E-state index contributed by atoms with van der Waals surface area (Å²) < 4.78 is 29.6. The number of ether oxygens (including phenoxy) is 6. The summed E-state index contributed by atoms with van der Waals surface area (Å²) in [5.41, 5.74) is -0.309. The number of nitrogens with one attached hydrogen (secondary N) is 1. The topological polar surface area (TPSA) is 246 Å². The van der Waals surface area contributed by atoms with Crippen molar-refractivity contribution in [3.05, 3.63) is 71.3 Å². The normalized spacial score (nSPS) is 10.3. The van der Waals surface area contributed by atoms with E-state index in [2.05, 4.69) is 19.7 Å². The standard InChI is InChI=1S/C35H39N3O16/c1-48-29-22(11-6-14-25(29)52-34(45)50-3)31(42)36-16-8-17-37(32(43)21-10-5-13-24(54-47)28(21)41)18-9-19-38(20-27(39)40)33(44)23-12-7-15-26(30(23)49-2)53-35(46)51-4/h5-7,10-15,41,47H,8-9,16-20H2,1-4H3,(H,36,42)(H,39,40). The highest BCUT2D eigenvalue weighted by molar-refractivity contribution is 6.00. The van der Waals surface area contributed by atoms with Gasteiger partial charge in [0.25, 0.3) is 17.7 Å². The molecule has 54 heavy (non-hydrogen) atoms. The van der Waals surface area contributed by atoms with Gasteiger partial charge in [-0.3, -0.25) is 19.2 Å². The SMILES string of the molecule is COC(=O)Oc1cccc(C(=O)NCCCN(CCCN(CC(=O)O)C(=O)c2cccc(OC(=O)OC)c2OC)C(=O)c2cccc(OO)c2O)c1OC. The first-order valence-corrected chi connectivity index (χ1v) is 16.0. The van der Waals surface area contributed by atoms with Crippen LogP contribution in [0.2, 0.25) is 0 Å². The predicted octanol–water partition coefficient (Wildman–Crippen LogP) is 3.43. The van der Waals surface area contributed by atoms with Crippen LogP contribution in [0.1, 0.15) is 43.9 Å². The van der Waals surface area contributed by atoms with Gasteiger partial charge in [-0.15, -0.1) is 0 Å². The highest BCUT2D eigenvalue weighted by Gasteiger charge is 2.27. The van der Waals surface area contributed by atoms with Gasteiger partial charge in [0.15, 0.2) is 28.7 Å². The second-order valence-electron chi connectivity index (χ2n) is 10.9. The maximum Gasteiger partial charge on any atom is 0.513 e. The first kappa shape index (κ1) is 41.7. The Morgan fingerprint density at radius 2 is 1.13 bits per heavy atom. The van der Waals surface area contributed by atoms with Gasteiger partial charge in [0.1, 0.15) is 6.54 Å². The molecule has 0 fully saturated rings. The number of hydrogen-bond acceptors (Lipinski definition) is 15. The molecule has 3 amide bonds. The van der Waals surface area contributed by atoms with Crippen molar-refractivity contribution in [3.63, 3.8) is 0 Å². The number of amides is 3. The molecule has 0 heterocycles. The van der Waals surface area contributed by atoms with Crippen LogP contribution in [0.3, 0.4) is 0 Å². The second kappa shape index (κ2) is 20.3. The molecule has 0 unspecified atom stereocenters. The molecule has 19 nitrogen and oxygen atoms in total. The summed E-state index contributed by atoms with van der Waals surface area (Å²) in [7, 11) is 4.71. The molecule has 3 aromatic carbocycles. The van der Waals surface area contributed by atoms with Crippen molar-refractivity contribution in [2.75, 3.05) is 61.2 Å². The van der Waals surface area contributed by atoms with E-state index in [1.807, 2.05) is 0 Å². The maximum absolute atomic E-state index is 13.7. The summed E-state index contributed by atoms with van der Waals surface area (Å²) >= 11 is 0. The molecule has 19 heteroatoms. The van der Waals surface area contributed by atoms with E-state index in [4.69, 9.17) is 24.2 Å². The lowest BCUT2D eigenvalue weighted by molar-refractivity contribution is -0.139. The van der Waals surface area contributed by atoms with E-state index in [1.54, 1.807) is 0 Å². The van der Waals surface area contributed by atoms with Crippen molar-refractivity contribution in [1.82, 2.24) is 15.1 Å². The molecule has 3 aromatic rings. The third-order valence-corrected chi connectivity index (χ3v) is 7.54. The quantitative estimate of drug-likeness (QED) is 0.0477. The number of hydrogen-bond donors (Lipinski definition) is 4. The lowest BCUT2D eigenvalue weighted by Crippen LogP contribution is -2.40. The zero-order valence-electron chi connectivity index (χ0n) is 29.7. The van der Waals surface area contributed by atoms with Crippen molar-refractivity contribution in [2.45, 2.75) is 12.8 Å². The first-order valence-electron chi connectivity index (χ1n) is 16.0. The Labute approximate surface area is 308 Å².